The van der Waals surface area contributed by atoms with E-state index in [9.17, 15) is 9.59 Å². The minimum Gasteiger partial charge on any atom is -0.465 e. The van der Waals surface area contributed by atoms with Gasteiger partial charge in [0.2, 0.25) is 0 Å². The average Bonchev–Trinajstić information content (AvgIpc) is 3.46. The highest BCUT2D eigenvalue weighted by Gasteiger charge is 2.39. The molecule has 2 unspecified atom stereocenters. The standard InChI is InChI=1S/C76H150O4/c1-7-13-19-25-31-37-39-43-51-59-67-75(65-57-49-41-33-27-21-15-9-3,73(77)79-71-63-55-47-35-29-23-17-11-5)69-61-53-45-46-54-62-70-76(66-58-50-42-34-28-22-16-10-4,68-60-52-44-40-38-32-26-20-14-8-2)74(78)80-72-64-56-48-36-30-24-18-12-6/h7-72H2,1-6H3. The summed E-state index contributed by atoms with van der Waals surface area (Å²) in [4.78, 5) is 29.2. The topological polar surface area (TPSA) is 52.6 Å². The highest BCUT2D eigenvalue weighted by molar-refractivity contribution is 5.77. The third-order valence-corrected chi connectivity index (χ3v) is 18.9. The molecule has 0 aromatic heterocycles. The largest absolute Gasteiger partial charge is 0.465 e. The number of carbonyl (C=O) groups is 2. The molecule has 0 aliphatic carbocycles. The summed E-state index contributed by atoms with van der Waals surface area (Å²) in [6, 6.07) is 0. The maximum absolute atomic E-state index is 14.6. The molecule has 0 aromatic rings. The van der Waals surface area contributed by atoms with Crippen LogP contribution in [-0.2, 0) is 19.1 Å². The molecule has 0 aromatic carbocycles. The summed E-state index contributed by atoms with van der Waals surface area (Å²) in [6.45, 7) is 15.0. The van der Waals surface area contributed by atoms with Crippen LogP contribution in [0, 0.1) is 10.8 Å². The van der Waals surface area contributed by atoms with Gasteiger partial charge in [0, 0.05) is 0 Å². The molecule has 2 atom stereocenters. The molecule has 0 rings (SSSR count). The molecule has 0 spiro atoms. The van der Waals surface area contributed by atoms with Gasteiger partial charge in [0.05, 0.1) is 24.0 Å². The first kappa shape index (κ1) is 78.9. The van der Waals surface area contributed by atoms with Crippen LogP contribution in [0.25, 0.3) is 0 Å². The van der Waals surface area contributed by atoms with Crippen LogP contribution in [0.3, 0.4) is 0 Å². The van der Waals surface area contributed by atoms with E-state index in [0.717, 1.165) is 64.2 Å². The summed E-state index contributed by atoms with van der Waals surface area (Å²) >= 11 is 0. The van der Waals surface area contributed by atoms with Crippen molar-refractivity contribution in [1.82, 2.24) is 0 Å². The van der Waals surface area contributed by atoms with Crippen molar-refractivity contribution >= 4 is 11.9 Å². The first-order valence-corrected chi connectivity index (χ1v) is 37.8. The zero-order valence-electron chi connectivity index (χ0n) is 56.3. The van der Waals surface area contributed by atoms with Gasteiger partial charge in [-0.3, -0.25) is 9.59 Å². The van der Waals surface area contributed by atoms with Crippen molar-refractivity contribution in [3.8, 4) is 0 Å². The average molecular weight is 1130 g/mol. The SMILES string of the molecule is CCCCCCCCCCCCC(CCCCCCCCCC)(CCCCCCCCC(CCCCCCCCCC)(CCCCCCCCCCCC)C(=O)OCCCCCCCCCC)C(=O)OCCCCCCCCCC. The van der Waals surface area contributed by atoms with Gasteiger partial charge >= 0.3 is 11.9 Å². The lowest BCUT2D eigenvalue weighted by molar-refractivity contribution is -0.159. The van der Waals surface area contributed by atoms with E-state index in [4.69, 9.17) is 9.47 Å². The molecule has 0 fully saturated rings. The number of ether oxygens (including phenoxy) is 2. The Morgan fingerprint density at radius 1 is 0.188 bits per heavy atom. The third kappa shape index (κ3) is 50.3. The van der Waals surface area contributed by atoms with E-state index in [1.54, 1.807) is 0 Å². The Morgan fingerprint density at radius 3 is 0.463 bits per heavy atom. The van der Waals surface area contributed by atoms with E-state index in [2.05, 4.69) is 41.5 Å². The highest BCUT2D eigenvalue weighted by Crippen LogP contribution is 2.41. The number of hydrogen-bond donors (Lipinski definition) is 0. The van der Waals surface area contributed by atoms with Gasteiger partial charge in [-0.15, -0.1) is 0 Å². The predicted octanol–water partition coefficient (Wildman–Crippen LogP) is 27.1. The molecular weight excluding hydrogens is 977 g/mol. The van der Waals surface area contributed by atoms with Gasteiger partial charge in [0.1, 0.15) is 0 Å². The normalized spacial score (nSPS) is 13.2. The van der Waals surface area contributed by atoms with Gasteiger partial charge < -0.3 is 9.47 Å². The molecule has 0 N–H and O–H groups in total. The fourth-order valence-corrected chi connectivity index (χ4v) is 13.2. The molecule has 0 heterocycles. The van der Waals surface area contributed by atoms with Crippen LogP contribution in [0.5, 0.6) is 0 Å². The number of esters is 2. The van der Waals surface area contributed by atoms with Crippen molar-refractivity contribution in [2.75, 3.05) is 13.2 Å². The van der Waals surface area contributed by atoms with Crippen LogP contribution in [0.2, 0.25) is 0 Å². The van der Waals surface area contributed by atoms with Gasteiger partial charge in [-0.05, 0) is 51.4 Å². The molecule has 4 nitrogen and oxygen atoms in total. The predicted molar refractivity (Wildman–Crippen MR) is 356 cm³/mol. The van der Waals surface area contributed by atoms with E-state index < -0.39 is 0 Å². The summed E-state index contributed by atoms with van der Waals surface area (Å²) < 4.78 is 12.8. The Kier molecular flexibility index (Phi) is 63.1. The van der Waals surface area contributed by atoms with Crippen LogP contribution < -0.4 is 0 Å². The zero-order valence-corrected chi connectivity index (χ0v) is 56.3. The van der Waals surface area contributed by atoms with Gasteiger partial charge in [-0.25, -0.2) is 0 Å². The Morgan fingerprint density at radius 2 is 0.312 bits per heavy atom. The monoisotopic (exact) mass is 1130 g/mol. The van der Waals surface area contributed by atoms with Crippen molar-refractivity contribution < 1.29 is 19.1 Å². The minimum absolute atomic E-state index is 0.156. The van der Waals surface area contributed by atoms with Gasteiger partial charge in [-0.2, -0.15) is 0 Å². The Bertz CT molecular complexity index is 1120. The van der Waals surface area contributed by atoms with Gasteiger partial charge in [0.15, 0.2) is 0 Å². The third-order valence-electron chi connectivity index (χ3n) is 18.9. The molecule has 0 radical (unpaired) electrons. The van der Waals surface area contributed by atoms with Crippen molar-refractivity contribution in [3.63, 3.8) is 0 Å². The quantitative estimate of drug-likeness (QED) is 0.0450. The number of hydrogen-bond acceptors (Lipinski definition) is 4. The van der Waals surface area contributed by atoms with Gasteiger partial charge in [-0.1, -0.05) is 401 Å². The lowest BCUT2D eigenvalue weighted by Gasteiger charge is -2.32. The van der Waals surface area contributed by atoms with Crippen LogP contribution in [0.1, 0.15) is 452 Å². The summed E-state index contributed by atoms with van der Waals surface area (Å²) in [5.41, 5.74) is -0.636. The first-order chi connectivity index (χ1) is 39.4. The molecule has 0 aliphatic rings. The summed E-state index contributed by atoms with van der Waals surface area (Å²) in [7, 11) is 0. The fraction of sp³-hybridized carbons (Fsp3) is 0.974. The Balaban J connectivity index is 5.97. The maximum Gasteiger partial charge on any atom is 0.312 e. The summed E-state index contributed by atoms with van der Waals surface area (Å²) in [5, 5.41) is 0. The number of unbranched alkanes of at least 4 members (excludes halogenated alkanes) is 51. The lowest BCUT2D eigenvalue weighted by atomic mass is 9.73. The van der Waals surface area contributed by atoms with E-state index in [0.29, 0.717) is 13.2 Å². The van der Waals surface area contributed by atoms with Gasteiger partial charge in [0.25, 0.3) is 0 Å². The van der Waals surface area contributed by atoms with Crippen molar-refractivity contribution in [2.24, 2.45) is 10.8 Å². The second-order valence-corrected chi connectivity index (χ2v) is 26.7. The van der Waals surface area contributed by atoms with Crippen LogP contribution >= 0.6 is 0 Å². The smallest absolute Gasteiger partial charge is 0.312 e. The fourth-order valence-electron chi connectivity index (χ4n) is 13.2. The lowest BCUT2D eigenvalue weighted by Crippen LogP contribution is -2.34. The molecule has 80 heavy (non-hydrogen) atoms. The molecule has 0 amide bonds. The molecule has 0 bridgehead atoms. The summed E-state index contributed by atoms with van der Waals surface area (Å²) in [6.07, 6.45) is 81.1. The highest BCUT2D eigenvalue weighted by atomic mass is 16.5. The second kappa shape index (κ2) is 63.9. The van der Waals surface area contributed by atoms with E-state index in [1.807, 2.05) is 0 Å². The summed E-state index contributed by atoms with van der Waals surface area (Å²) in [5.74, 6) is 0.313. The number of rotatable bonds is 69. The zero-order chi connectivity index (χ0) is 58.2. The molecule has 0 aliphatic heterocycles. The minimum atomic E-state index is -0.318. The molecule has 0 saturated heterocycles. The molecular formula is C76H150O4. The van der Waals surface area contributed by atoms with Crippen molar-refractivity contribution in [3.05, 3.63) is 0 Å². The number of carbonyl (C=O) groups excluding carboxylic acids is 2. The van der Waals surface area contributed by atoms with E-state index in [-0.39, 0.29) is 22.8 Å². The Hall–Kier alpha value is -1.06. The Labute approximate surface area is 505 Å². The molecule has 0 saturated carbocycles. The molecule has 478 valence electrons. The maximum atomic E-state index is 14.6. The van der Waals surface area contributed by atoms with Crippen LogP contribution in [-0.4, -0.2) is 25.2 Å². The van der Waals surface area contributed by atoms with Crippen molar-refractivity contribution in [1.29, 1.82) is 0 Å². The molecule has 4 heteroatoms. The van der Waals surface area contributed by atoms with Crippen molar-refractivity contribution in [2.45, 2.75) is 452 Å². The second-order valence-electron chi connectivity index (χ2n) is 26.7. The van der Waals surface area contributed by atoms with E-state index in [1.165, 1.54) is 347 Å². The van der Waals surface area contributed by atoms with Crippen LogP contribution in [0.15, 0.2) is 0 Å². The first-order valence-electron chi connectivity index (χ1n) is 37.8. The van der Waals surface area contributed by atoms with Crippen LogP contribution in [0.4, 0.5) is 0 Å². The van der Waals surface area contributed by atoms with E-state index >= 15 is 0 Å².